The molecule has 0 fully saturated rings. The van der Waals surface area contributed by atoms with Crippen molar-refractivity contribution in [3.8, 4) is 0 Å². The molecule has 156 valence electrons. The van der Waals surface area contributed by atoms with E-state index in [1.807, 2.05) is 31.2 Å². The third-order valence-electron chi connectivity index (χ3n) is 5.01. The Morgan fingerprint density at radius 2 is 1.66 bits per heavy atom. The van der Waals surface area contributed by atoms with E-state index in [1.165, 1.54) is 5.56 Å². The Morgan fingerprint density at radius 3 is 2.28 bits per heavy atom. The van der Waals surface area contributed by atoms with Crippen molar-refractivity contribution in [2.75, 3.05) is 6.54 Å². The van der Waals surface area contributed by atoms with Gasteiger partial charge in [-0.1, -0.05) is 66.9 Å². The highest BCUT2D eigenvalue weighted by Gasteiger charge is 2.25. The molecule has 2 aromatic carbocycles. The van der Waals surface area contributed by atoms with Crippen LogP contribution in [0.5, 0.6) is 0 Å². The number of carbonyl (C=O) groups is 2. The van der Waals surface area contributed by atoms with Crippen LogP contribution in [-0.2, 0) is 22.6 Å². The zero-order valence-corrected chi connectivity index (χ0v) is 18.3. The molecule has 4 nitrogen and oxygen atoms in total. The molecule has 2 amide bonds. The minimum Gasteiger partial charge on any atom is -0.354 e. The monoisotopic (exact) mass is 414 g/mol. The molecule has 5 heteroatoms. The van der Waals surface area contributed by atoms with Crippen molar-refractivity contribution in [3.05, 3.63) is 70.2 Å². The first-order chi connectivity index (χ1) is 13.9. The first kappa shape index (κ1) is 23.0. The van der Waals surface area contributed by atoms with Crippen molar-refractivity contribution >= 4 is 23.4 Å². The molecule has 2 rings (SSSR count). The van der Waals surface area contributed by atoms with Crippen LogP contribution < -0.4 is 5.32 Å². The fourth-order valence-corrected chi connectivity index (χ4v) is 3.18. The van der Waals surface area contributed by atoms with Crippen molar-refractivity contribution in [1.29, 1.82) is 0 Å². The molecular formula is C24H31ClN2O2. The van der Waals surface area contributed by atoms with E-state index in [4.69, 9.17) is 11.6 Å². The second-order valence-electron chi connectivity index (χ2n) is 7.45. The van der Waals surface area contributed by atoms with Gasteiger partial charge in [0.15, 0.2) is 0 Å². The lowest BCUT2D eigenvalue weighted by molar-refractivity contribution is -0.140. The van der Waals surface area contributed by atoms with Gasteiger partial charge >= 0.3 is 0 Å². The van der Waals surface area contributed by atoms with E-state index in [9.17, 15) is 9.59 Å². The first-order valence-corrected chi connectivity index (χ1v) is 10.7. The largest absolute Gasteiger partial charge is 0.354 e. The number of hydrogen-bond donors (Lipinski definition) is 1. The highest BCUT2D eigenvalue weighted by atomic mass is 35.5. The number of halogens is 1. The van der Waals surface area contributed by atoms with Crippen molar-refractivity contribution in [1.82, 2.24) is 10.2 Å². The van der Waals surface area contributed by atoms with E-state index in [2.05, 4.69) is 24.4 Å². The second-order valence-corrected chi connectivity index (χ2v) is 7.89. The number of nitrogens with one attached hydrogen (secondary N) is 1. The number of hydrogen-bond acceptors (Lipinski definition) is 2. The fourth-order valence-electron chi connectivity index (χ4n) is 3.05. The molecule has 0 aromatic heterocycles. The van der Waals surface area contributed by atoms with Crippen molar-refractivity contribution in [2.24, 2.45) is 0 Å². The van der Waals surface area contributed by atoms with Gasteiger partial charge in [-0.2, -0.15) is 0 Å². The van der Waals surface area contributed by atoms with Gasteiger partial charge < -0.3 is 10.2 Å². The molecule has 0 saturated heterocycles. The molecule has 1 N–H and O–H groups in total. The van der Waals surface area contributed by atoms with Crippen LogP contribution in [0.25, 0.3) is 0 Å². The Morgan fingerprint density at radius 1 is 1.03 bits per heavy atom. The van der Waals surface area contributed by atoms with Crippen LogP contribution in [-0.4, -0.2) is 29.3 Å². The lowest BCUT2D eigenvalue weighted by Gasteiger charge is -2.29. The van der Waals surface area contributed by atoms with Crippen LogP contribution in [0.1, 0.15) is 49.8 Å². The number of unbranched alkanes of at least 4 members (excludes halogenated alkanes) is 1. The predicted molar refractivity (Wildman–Crippen MR) is 119 cm³/mol. The van der Waals surface area contributed by atoms with Crippen LogP contribution in [0.4, 0.5) is 0 Å². The van der Waals surface area contributed by atoms with Gasteiger partial charge in [0, 0.05) is 24.5 Å². The minimum absolute atomic E-state index is 0.0290. The maximum absolute atomic E-state index is 13.1. The molecule has 0 unspecified atom stereocenters. The molecule has 0 radical (unpaired) electrons. The highest BCUT2D eigenvalue weighted by Crippen LogP contribution is 2.16. The van der Waals surface area contributed by atoms with Gasteiger partial charge in [-0.05, 0) is 49.9 Å². The predicted octanol–water partition coefficient (Wildman–Crippen LogP) is 4.91. The Hall–Kier alpha value is -2.33. The van der Waals surface area contributed by atoms with E-state index in [-0.39, 0.29) is 11.8 Å². The van der Waals surface area contributed by atoms with E-state index in [0.29, 0.717) is 31.0 Å². The Kier molecular flexibility index (Phi) is 9.20. The van der Waals surface area contributed by atoms with Gasteiger partial charge in [0.05, 0.1) is 0 Å². The molecule has 0 heterocycles. The lowest BCUT2D eigenvalue weighted by Crippen LogP contribution is -2.47. The van der Waals surface area contributed by atoms with Crippen molar-refractivity contribution in [3.63, 3.8) is 0 Å². The number of rotatable bonds is 10. The summed E-state index contributed by atoms with van der Waals surface area (Å²) in [5.74, 6) is -0.144. The molecule has 2 aromatic rings. The van der Waals surface area contributed by atoms with Crippen LogP contribution in [0.3, 0.4) is 0 Å². The Labute approximate surface area is 179 Å². The van der Waals surface area contributed by atoms with E-state index >= 15 is 0 Å². The normalized spacial score (nSPS) is 11.7. The molecule has 29 heavy (non-hydrogen) atoms. The van der Waals surface area contributed by atoms with Gasteiger partial charge in [-0.25, -0.2) is 0 Å². The van der Waals surface area contributed by atoms with Crippen LogP contribution in [0.15, 0.2) is 48.5 Å². The van der Waals surface area contributed by atoms with E-state index < -0.39 is 6.04 Å². The number of amides is 2. The zero-order valence-electron chi connectivity index (χ0n) is 17.6. The summed E-state index contributed by atoms with van der Waals surface area (Å²) in [7, 11) is 0. The fraction of sp³-hybridized carbons (Fsp3) is 0.417. The summed E-state index contributed by atoms with van der Waals surface area (Å²) in [5.41, 5.74) is 3.27. The number of nitrogens with zero attached hydrogens (tertiary/aromatic N) is 1. The molecule has 0 saturated carbocycles. The highest BCUT2D eigenvalue weighted by molar-refractivity contribution is 6.30. The summed E-state index contributed by atoms with van der Waals surface area (Å²) < 4.78 is 0. The maximum atomic E-state index is 13.1. The Balaban J connectivity index is 2.08. The van der Waals surface area contributed by atoms with Crippen LogP contribution in [0.2, 0.25) is 5.02 Å². The summed E-state index contributed by atoms with van der Waals surface area (Å²) in [6, 6.07) is 15.1. The molecule has 1 atom stereocenters. The average Bonchev–Trinajstić information content (AvgIpc) is 2.72. The average molecular weight is 415 g/mol. The summed E-state index contributed by atoms with van der Waals surface area (Å²) in [5, 5.41) is 3.59. The standard InChI is InChI=1S/C24H31ClN2O2/c1-4-5-16-26-24(29)19(3)27(17-21-10-13-22(25)14-11-21)23(28)15-12-20-8-6-18(2)7-9-20/h6-11,13-14,19H,4-5,12,15-17H2,1-3H3,(H,26,29)/t19-/m1/s1. The van der Waals surface area contributed by atoms with Gasteiger partial charge in [0.2, 0.25) is 11.8 Å². The van der Waals surface area contributed by atoms with Gasteiger partial charge in [0.25, 0.3) is 0 Å². The lowest BCUT2D eigenvalue weighted by atomic mass is 10.1. The number of carbonyl (C=O) groups excluding carboxylic acids is 2. The van der Waals surface area contributed by atoms with Crippen LogP contribution in [0, 0.1) is 6.92 Å². The van der Waals surface area contributed by atoms with Crippen molar-refractivity contribution < 1.29 is 9.59 Å². The molecule has 0 bridgehead atoms. The van der Waals surface area contributed by atoms with Gasteiger partial charge in [-0.3, -0.25) is 9.59 Å². The topological polar surface area (TPSA) is 49.4 Å². The summed E-state index contributed by atoms with van der Waals surface area (Å²) in [6.45, 7) is 6.93. The maximum Gasteiger partial charge on any atom is 0.242 e. The minimum atomic E-state index is -0.534. The SMILES string of the molecule is CCCCNC(=O)[C@@H](C)N(Cc1ccc(Cl)cc1)C(=O)CCc1ccc(C)cc1. The smallest absolute Gasteiger partial charge is 0.242 e. The number of aryl methyl sites for hydroxylation is 2. The molecule has 0 aliphatic carbocycles. The zero-order chi connectivity index (χ0) is 21.2. The molecule has 0 aliphatic heterocycles. The van der Waals surface area contributed by atoms with Gasteiger partial charge in [-0.15, -0.1) is 0 Å². The first-order valence-electron chi connectivity index (χ1n) is 10.3. The van der Waals surface area contributed by atoms with Crippen molar-refractivity contribution in [2.45, 2.75) is 59.0 Å². The quantitative estimate of drug-likeness (QED) is 0.561. The molecular weight excluding hydrogens is 384 g/mol. The molecule has 0 spiro atoms. The third kappa shape index (κ3) is 7.54. The summed E-state index contributed by atoms with van der Waals surface area (Å²) in [4.78, 5) is 27.3. The Bertz CT molecular complexity index is 788. The van der Waals surface area contributed by atoms with E-state index in [1.54, 1.807) is 24.0 Å². The molecule has 0 aliphatic rings. The van der Waals surface area contributed by atoms with E-state index in [0.717, 1.165) is 24.0 Å². The number of benzene rings is 2. The third-order valence-corrected chi connectivity index (χ3v) is 5.26. The van der Waals surface area contributed by atoms with Crippen LogP contribution >= 0.6 is 11.6 Å². The second kappa shape index (κ2) is 11.6. The van der Waals surface area contributed by atoms with Gasteiger partial charge in [0.1, 0.15) is 6.04 Å². The summed E-state index contributed by atoms with van der Waals surface area (Å²) >= 11 is 5.98. The summed E-state index contributed by atoms with van der Waals surface area (Å²) in [6.07, 6.45) is 2.96.